The fourth-order valence-electron chi connectivity index (χ4n) is 4.12. The van der Waals surface area contributed by atoms with E-state index in [1.54, 1.807) is 18.2 Å². The van der Waals surface area contributed by atoms with E-state index >= 15 is 0 Å². The van der Waals surface area contributed by atoms with Gasteiger partial charge >= 0.3 is 0 Å². The van der Waals surface area contributed by atoms with E-state index in [0.717, 1.165) is 16.7 Å². The molecule has 8 heteroatoms. The Labute approximate surface area is 217 Å². The molecule has 0 spiro atoms. The molecule has 8 nitrogen and oxygen atoms in total. The van der Waals surface area contributed by atoms with Gasteiger partial charge in [-0.1, -0.05) is 30.3 Å². The van der Waals surface area contributed by atoms with Gasteiger partial charge in [-0.2, -0.15) is 0 Å². The molecular weight excluding hydrogens is 470 g/mol. The number of amides is 2. The number of phenolic OH excluding ortho intramolecular Hbond substituents is 2. The summed E-state index contributed by atoms with van der Waals surface area (Å²) in [5.74, 6) is 0.0409. The third-order valence-corrected chi connectivity index (χ3v) is 6.19. The molecule has 0 saturated heterocycles. The highest BCUT2D eigenvalue weighted by Crippen LogP contribution is 2.27. The number of hydrogen-bond acceptors (Lipinski definition) is 6. The first kappa shape index (κ1) is 27.7. The van der Waals surface area contributed by atoms with Gasteiger partial charge in [0.05, 0.1) is 11.8 Å². The van der Waals surface area contributed by atoms with Gasteiger partial charge in [-0.25, -0.2) is 0 Å². The van der Waals surface area contributed by atoms with Crippen molar-refractivity contribution in [1.82, 2.24) is 10.6 Å². The van der Waals surface area contributed by atoms with E-state index in [-0.39, 0.29) is 35.2 Å². The number of rotatable bonds is 12. The summed E-state index contributed by atoms with van der Waals surface area (Å²) in [7, 11) is 0. The zero-order valence-corrected chi connectivity index (χ0v) is 21.4. The molecule has 3 rings (SSSR count). The number of aryl methyl sites for hydroxylation is 1. The van der Waals surface area contributed by atoms with E-state index in [9.17, 15) is 24.9 Å². The standard InChI is InChI=1S/C29H35N3O5/c1-19-13-20(7-9-25(19)34)11-12-30-28(37)23-6-4-5-21(14-23)16-29(2,3)32-17-27(36)22-8-10-26(35)24(15-22)31-18-33/h4-10,13-15,18,27,32,34-36H,11-12,16-17H2,1-3H3,(H,30,37)(H,31,33)/t27-/m1/s1. The Morgan fingerprint density at radius 3 is 2.49 bits per heavy atom. The van der Waals surface area contributed by atoms with Gasteiger partial charge in [0.2, 0.25) is 6.41 Å². The van der Waals surface area contributed by atoms with Crippen LogP contribution >= 0.6 is 0 Å². The number of anilines is 1. The van der Waals surface area contributed by atoms with Crippen LogP contribution in [0.1, 0.15) is 52.6 Å². The molecule has 0 fully saturated rings. The van der Waals surface area contributed by atoms with E-state index in [0.29, 0.717) is 36.9 Å². The van der Waals surface area contributed by atoms with Crippen molar-refractivity contribution in [2.75, 3.05) is 18.4 Å². The highest BCUT2D eigenvalue weighted by Gasteiger charge is 2.21. The summed E-state index contributed by atoms with van der Waals surface area (Å²) in [4.78, 5) is 23.4. The number of aromatic hydroxyl groups is 2. The predicted molar refractivity (Wildman–Crippen MR) is 144 cm³/mol. The number of aliphatic hydroxyl groups is 1. The Kier molecular flexibility index (Phi) is 9.27. The number of carbonyl (C=O) groups is 2. The third kappa shape index (κ3) is 8.06. The van der Waals surface area contributed by atoms with Crippen molar-refractivity contribution >= 4 is 18.0 Å². The molecule has 0 unspecified atom stereocenters. The predicted octanol–water partition coefficient (Wildman–Crippen LogP) is 3.59. The molecule has 0 saturated carbocycles. The van der Waals surface area contributed by atoms with E-state index in [1.165, 1.54) is 12.1 Å². The zero-order chi connectivity index (χ0) is 27.0. The van der Waals surface area contributed by atoms with Crippen LogP contribution in [0.3, 0.4) is 0 Å². The van der Waals surface area contributed by atoms with Gasteiger partial charge in [-0.15, -0.1) is 0 Å². The molecule has 0 aliphatic carbocycles. The number of hydrogen-bond donors (Lipinski definition) is 6. The van der Waals surface area contributed by atoms with E-state index in [2.05, 4.69) is 16.0 Å². The Hall–Kier alpha value is -3.88. The second kappa shape index (κ2) is 12.4. The fourth-order valence-corrected chi connectivity index (χ4v) is 4.12. The number of aliphatic hydroxyl groups excluding tert-OH is 1. The van der Waals surface area contributed by atoms with Crippen LogP contribution < -0.4 is 16.0 Å². The van der Waals surface area contributed by atoms with Gasteiger partial charge in [0.1, 0.15) is 11.5 Å². The van der Waals surface area contributed by atoms with Crippen LogP contribution in [0.25, 0.3) is 0 Å². The summed E-state index contributed by atoms with van der Waals surface area (Å²) in [6.07, 6.45) is 0.916. The molecule has 2 amide bonds. The van der Waals surface area contributed by atoms with Crippen molar-refractivity contribution in [3.8, 4) is 11.5 Å². The molecular formula is C29H35N3O5. The minimum atomic E-state index is -0.846. The van der Waals surface area contributed by atoms with Crippen LogP contribution in [0, 0.1) is 6.92 Å². The topological polar surface area (TPSA) is 131 Å². The van der Waals surface area contributed by atoms with Gasteiger partial charge < -0.3 is 31.3 Å². The van der Waals surface area contributed by atoms with Crippen LogP contribution in [-0.4, -0.2) is 46.3 Å². The molecule has 0 aliphatic heterocycles. The van der Waals surface area contributed by atoms with Gasteiger partial charge in [0, 0.05) is 24.2 Å². The first-order valence-electron chi connectivity index (χ1n) is 12.2. The Morgan fingerprint density at radius 2 is 1.76 bits per heavy atom. The summed E-state index contributed by atoms with van der Waals surface area (Å²) in [5, 5.41) is 38.8. The van der Waals surface area contributed by atoms with Crippen LogP contribution in [0.5, 0.6) is 11.5 Å². The molecule has 0 aliphatic rings. The number of β-amino-alcohol motifs (C(OH)–C–C–N with tert-alkyl or cyclic N) is 1. The smallest absolute Gasteiger partial charge is 0.251 e. The van der Waals surface area contributed by atoms with Crippen molar-refractivity contribution in [3.05, 3.63) is 88.5 Å². The summed E-state index contributed by atoms with van der Waals surface area (Å²) < 4.78 is 0. The van der Waals surface area contributed by atoms with Crippen molar-refractivity contribution in [3.63, 3.8) is 0 Å². The second-order valence-electron chi connectivity index (χ2n) is 9.82. The van der Waals surface area contributed by atoms with Crippen molar-refractivity contribution in [2.45, 2.75) is 45.3 Å². The van der Waals surface area contributed by atoms with Gasteiger partial charge in [-0.05, 0) is 86.2 Å². The lowest BCUT2D eigenvalue weighted by molar-refractivity contribution is -0.105. The van der Waals surface area contributed by atoms with Gasteiger partial charge in [0.25, 0.3) is 5.91 Å². The summed E-state index contributed by atoms with van der Waals surface area (Å²) >= 11 is 0. The van der Waals surface area contributed by atoms with Crippen molar-refractivity contribution < 1.29 is 24.9 Å². The van der Waals surface area contributed by atoms with Crippen molar-refractivity contribution in [2.24, 2.45) is 0 Å². The molecule has 37 heavy (non-hydrogen) atoms. The maximum atomic E-state index is 12.7. The maximum absolute atomic E-state index is 12.7. The van der Waals surface area contributed by atoms with E-state index < -0.39 is 6.10 Å². The number of phenols is 2. The zero-order valence-electron chi connectivity index (χ0n) is 21.4. The molecule has 6 N–H and O–H groups in total. The molecule has 1 atom stereocenters. The summed E-state index contributed by atoms with van der Waals surface area (Å²) in [6.45, 7) is 6.62. The normalized spacial score (nSPS) is 12.1. The minimum absolute atomic E-state index is 0.0734. The first-order chi connectivity index (χ1) is 17.6. The Morgan fingerprint density at radius 1 is 1.00 bits per heavy atom. The summed E-state index contributed by atoms with van der Waals surface area (Å²) in [6, 6.07) is 17.5. The van der Waals surface area contributed by atoms with Crippen LogP contribution in [-0.2, 0) is 17.6 Å². The summed E-state index contributed by atoms with van der Waals surface area (Å²) in [5.41, 5.74) is 3.83. The highest BCUT2D eigenvalue weighted by molar-refractivity contribution is 5.94. The molecule has 196 valence electrons. The number of benzene rings is 3. The lowest BCUT2D eigenvalue weighted by Gasteiger charge is -2.28. The van der Waals surface area contributed by atoms with Crippen LogP contribution in [0.2, 0.25) is 0 Å². The average Bonchev–Trinajstić information content (AvgIpc) is 2.86. The Balaban J connectivity index is 1.54. The quantitative estimate of drug-likeness (QED) is 0.165. The average molecular weight is 506 g/mol. The number of nitrogens with one attached hydrogen (secondary N) is 3. The molecule has 0 aromatic heterocycles. The monoisotopic (exact) mass is 505 g/mol. The van der Waals surface area contributed by atoms with Crippen LogP contribution in [0.4, 0.5) is 5.69 Å². The fraction of sp³-hybridized carbons (Fsp3) is 0.310. The minimum Gasteiger partial charge on any atom is -0.508 e. The lowest BCUT2D eigenvalue weighted by Crippen LogP contribution is -2.43. The molecule has 3 aromatic carbocycles. The van der Waals surface area contributed by atoms with Gasteiger partial charge in [-0.3, -0.25) is 9.59 Å². The van der Waals surface area contributed by atoms with E-state index in [4.69, 9.17) is 0 Å². The Bertz CT molecular complexity index is 1240. The second-order valence-corrected chi connectivity index (χ2v) is 9.82. The third-order valence-electron chi connectivity index (χ3n) is 6.19. The number of carbonyl (C=O) groups excluding carboxylic acids is 2. The van der Waals surface area contributed by atoms with Gasteiger partial charge in [0.15, 0.2) is 0 Å². The first-order valence-corrected chi connectivity index (χ1v) is 12.2. The highest BCUT2D eigenvalue weighted by atomic mass is 16.3. The molecule has 3 aromatic rings. The largest absolute Gasteiger partial charge is 0.508 e. The van der Waals surface area contributed by atoms with Crippen molar-refractivity contribution in [1.29, 1.82) is 0 Å². The molecule has 0 bridgehead atoms. The van der Waals surface area contributed by atoms with Crippen LogP contribution in [0.15, 0.2) is 60.7 Å². The molecule has 0 heterocycles. The maximum Gasteiger partial charge on any atom is 0.251 e. The molecule has 0 radical (unpaired) electrons. The SMILES string of the molecule is Cc1cc(CCNC(=O)c2cccc(CC(C)(C)NC[C@@H](O)c3ccc(O)c(NC=O)c3)c2)ccc1O. The van der Waals surface area contributed by atoms with E-state index in [1.807, 2.05) is 51.1 Å². The lowest BCUT2D eigenvalue weighted by atomic mass is 9.93.